The molecule has 0 unspecified atom stereocenters. The van der Waals surface area contributed by atoms with Crippen molar-refractivity contribution in [1.82, 2.24) is 9.97 Å². The summed E-state index contributed by atoms with van der Waals surface area (Å²) in [6.45, 7) is 0. The van der Waals surface area contributed by atoms with Gasteiger partial charge in [-0.25, -0.2) is 0 Å². The molecule has 2 aromatic heterocycles. The molecule has 0 aliphatic carbocycles. The summed E-state index contributed by atoms with van der Waals surface area (Å²) in [4.78, 5) is 7.70. The largest absolute Gasteiger partial charge is 0.352 e. The molecule has 3 rings (SSSR count). The van der Waals surface area contributed by atoms with Crippen molar-refractivity contribution < 1.29 is 0 Å². The Morgan fingerprint density at radius 1 is 1.06 bits per heavy atom. The third-order valence-corrected chi connectivity index (χ3v) is 3.22. The molecule has 78 valence electrons. The highest BCUT2D eigenvalue weighted by atomic mass is 79.9. The number of aromatic amines is 1. The van der Waals surface area contributed by atoms with Gasteiger partial charge >= 0.3 is 0 Å². The van der Waals surface area contributed by atoms with Crippen molar-refractivity contribution in [2.75, 3.05) is 0 Å². The number of pyridine rings is 1. The lowest BCUT2D eigenvalue weighted by Gasteiger charge is -1.95. The molecule has 0 fully saturated rings. The molecule has 1 N–H and O–H groups in total. The van der Waals surface area contributed by atoms with Crippen LogP contribution in [-0.4, -0.2) is 9.97 Å². The lowest BCUT2D eigenvalue weighted by molar-refractivity contribution is 1.39. The zero-order chi connectivity index (χ0) is 11.0. The van der Waals surface area contributed by atoms with Gasteiger partial charge in [-0.2, -0.15) is 0 Å². The Kier molecular flexibility index (Phi) is 2.26. The van der Waals surface area contributed by atoms with Crippen LogP contribution in [0.2, 0.25) is 0 Å². The summed E-state index contributed by atoms with van der Waals surface area (Å²) in [5.41, 5.74) is 4.29. The van der Waals surface area contributed by atoms with Crippen LogP contribution in [0.15, 0.2) is 53.1 Å². The summed E-state index contributed by atoms with van der Waals surface area (Å²) in [7, 11) is 0. The molecule has 0 spiro atoms. The summed E-state index contributed by atoms with van der Waals surface area (Å²) in [5.74, 6) is 0. The molecule has 3 aromatic rings. The number of halogens is 1. The fourth-order valence-corrected chi connectivity index (χ4v) is 2.19. The minimum Gasteiger partial charge on any atom is -0.352 e. The average Bonchev–Trinajstić information content (AvgIpc) is 2.76. The van der Waals surface area contributed by atoms with E-state index in [9.17, 15) is 0 Å². The number of rotatable bonds is 1. The summed E-state index contributed by atoms with van der Waals surface area (Å²) < 4.78 is 1.04. The molecule has 0 aliphatic heterocycles. The Labute approximate surface area is 101 Å². The van der Waals surface area contributed by atoms with Crippen LogP contribution < -0.4 is 0 Å². The fourth-order valence-electron chi connectivity index (χ4n) is 1.77. The third-order valence-electron chi connectivity index (χ3n) is 2.55. The minimum atomic E-state index is 0.980. The number of H-pyrrole nitrogens is 1. The zero-order valence-electron chi connectivity index (χ0n) is 8.44. The molecule has 1 aromatic carbocycles. The quantitative estimate of drug-likeness (QED) is 0.713. The number of hydrogen-bond donors (Lipinski definition) is 1. The van der Waals surface area contributed by atoms with Crippen molar-refractivity contribution in [2.24, 2.45) is 0 Å². The van der Waals surface area contributed by atoms with Crippen LogP contribution in [0.25, 0.3) is 22.3 Å². The highest BCUT2D eigenvalue weighted by Crippen LogP contribution is 2.26. The molecular formula is C13H9BrN2. The molecule has 16 heavy (non-hydrogen) atoms. The maximum absolute atomic E-state index is 4.33. The van der Waals surface area contributed by atoms with Gasteiger partial charge in [-0.05, 0) is 33.6 Å². The first kappa shape index (κ1) is 9.60. The van der Waals surface area contributed by atoms with Gasteiger partial charge in [0, 0.05) is 16.4 Å². The zero-order valence-corrected chi connectivity index (χ0v) is 10.0. The highest BCUT2D eigenvalue weighted by Gasteiger charge is 2.05. The van der Waals surface area contributed by atoms with Crippen LogP contribution in [0.4, 0.5) is 0 Å². The maximum atomic E-state index is 4.33. The van der Waals surface area contributed by atoms with Gasteiger partial charge in [0.15, 0.2) is 0 Å². The van der Waals surface area contributed by atoms with Crippen LogP contribution in [0.1, 0.15) is 0 Å². The van der Waals surface area contributed by atoms with Gasteiger partial charge in [-0.3, -0.25) is 4.98 Å². The van der Waals surface area contributed by atoms with E-state index in [-0.39, 0.29) is 0 Å². The molecule has 0 aliphatic rings. The summed E-state index contributed by atoms with van der Waals surface area (Å²) in [6, 6.07) is 14.2. The summed E-state index contributed by atoms with van der Waals surface area (Å²) >= 11 is 3.51. The van der Waals surface area contributed by atoms with E-state index in [1.54, 1.807) is 6.20 Å². The standard InChI is InChI=1S/C13H9BrN2/c14-10-6-7-15-12-8-11(16-13(10)12)9-4-2-1-3-5-9/h1-8,16H. The van der Waals surface area contributed by atoms with Gasteiger partial charge < -0.3 is 4.98 Å². The topological polar surface area (TPSA) is 28.7 Å². The fraction of sp³-hybridized carbons (Fsp3) is 0. The monoisotopic (exact) mass is 272 g/mol. The Balaban J connectivity index is 2.23. The molecule has 0 saturated carbocycles. The number of aromatic nitrogens is 2. The van der Waals surface area contributed by atoms with Gasteiger partial charge in [-0.15, -0.1) is 0 Å². The Hall–Kier alpha value is -1.61. The molecule has 2 nitrogen and oxygen atoms in total. The molecular weight excluding hydrogens is 264 g/mol. The van der Waals surface area contributed by atoms with Crippen LogP contribution in [-0.2, 0) is 0 Å². The maximum Gasteiger partial charge on any atom is 0.0896 e. The normalized spacial score (nSPS) is 10.8. The Morgan fingerprint density at radius 2 is 1.88 bits per heavy atom. The van der Waals surface area contributed by atoms with Gasteiger partial charge in [-0.1, -0.05) is 30.3 Å². The number of benzene rings is 1. The number of nitrogens with zero attached hydrogens (tertiary/aromatic N) is 1. The second-order valence-electron chi connectivity index (χ2n) is 3.60. The van der Waals surface area contributed by atoms with E-state index < -0.39 is 0 Å². The van der Waals surface area contributed by atoms with E-state index in [1.165, 1.54) is 5.56 Å². The first-order valence-electron chi connectivity index (χ1n) is 5.03. The van der Waals surface area contributed by atoms with E-state index in [1.807, 2.05) is 24.3 Å². The lowest BCUT2D eigenvalue weighted by Crippen LogP contribution is -1.76. The molecule has 3 heteroatoms. The molecule has 0 radical (unpaired) electrons. The molecule has 0 atom stereocenters. The van der Waals surface area contributed by atoms with Crippen LogP contribution in [0.5, 0.6) is 0 Å². The van der Waals surface area contributed by atoms with E-state index in [4.69, 9.17) is 0 Å². The molecule has 2 heterocycles. The number of hydrogen-bond acceptors (Lipinski definition) is 1. The molecule has 0 bridgehead atoms. The van der Waals surface area contributed by atoms with Gasteiger partial charge in [0.2, 0.25) is 0 Å². The van der Waals surface area contributed by atoms with Crippen LogP contribution in [0.3, 0.4) is 0 Å². The highest BCUT2D eigenvalue weighted by molar-refractivity contribution is 9.10. The second-order valence-corrected chi connectivity index (χ2v) is 4.46. The van der Waals surface area contributed by atoms with Gasteiger partial charge in [0.25, 0.3) is 0 Å². The van der Waals surface area contributed by atoms with Crippen molar-refractivity contribution in [2.45, 2.75) is 0 Å². The van der Waals surface area contributed by atoms with Crippen LogP contribution in [0, 0.1) is 0 Å². The van der Waals surface area contributed by atoms with Crippen molar-refractivity contribution in [3.05, 3.63) is 53.1 Å². The second kappa shape index (κ2) is 3.76. The smallest absolute Gasteiger partial charge is 0.0896 e. The number of nitrogens with one attached hydrogen (secondary N) is 1. The summed E-state index contributed by atoms with van der Waals surface area (Å²) in [6.07, 6.45) is 1.80. The van der Waals surface area contributed by atoms with Crippen molar-refractivity contribution >= 4 is 27.0 Å². The van der Waals surface area contributed by atoms with Crippen molar-refractivity contribution in [1.29, 1.82) is 0 Å². The Bertz CT molecular complexity index is 629. The van der Waals surface area contributed by atoms with E-state index in [0.29, 0.717) is 0 Å². The molecule has 0 saturated heterocycles. The van der Waals surface area contributed by atoms with Crippen molar-refractivity contribution in [3.8, 4) is 11.3 Å². The number of fused-ring (bicyclic) bond motifs is 1. The lowest BCUT2D eigenvalue weighted by atomic mass is 10.2. The van der Waals surface area contributed by atoms with E-state index in [0.717, 1.165) is 21.2 Å². The molecule has 0 amide bonds. The Morgan fingerprint density at radius 3 is 2.62 bits per heavy atom. The van der Waals surface area contributed by atoms with E-state index in [2.05, 4.69) is 44.1 Å². The predicted octanol–water partition coefficient (Wildman–Crippen LogP) is 3.99. The minimum absolute atomic E-state index is 0.980. The van der Waals surface area contributed by atoms with Crippen molar-refractivity contribution in [3.63, 3.8) is 0 Å². The first-order valence-corrected chi connectivity index (χ1v) is 5.82. The predicted molar refractivity (Wildman–Crippen MR) is 69.2 cm³/mol. The van der Waals surface area contributed by atoms with E-state index >= 15 is 0 Å². The van der Waals surface area contributed by atoms with Crippen LogP contribution >= 0.6 is 15.9 Å². The third kappa shape index (κ3) is 1.53. The average molecular weight is 273 g/mol. The van der Waals surface area contributed by atoms with Gasteiger partial charge in [0.05, 0.1) is 11.0 Å². The SMILES string of the molecule is Brc1ccnc2cc(-c3ccccc3)[nH]c12. The van der Waals surface area contributed by atoms with Gasteiger partial charge in [0.1, 0.15) is 0 Å². The summed E-state index contributed by atoms with van der Waals surface area (Å²) in [5, 5.41) is 0. The first-order chi connectivity index (χ1) is 7.84.